The molecule has 0 bridgehead atoms. The maximum absolute atomic E-state index is 5.88. The van der Waals surface area contributed by atoms with Crippen LogP contribution in [0.15, 0.2) is 24.3 Å². The van der Waals surface area contributed by atoms with E-state index < -0.39 is 0 Å². The number of halogens is 1. The smallest absolute Gasteiger partial charge is 0.0266 e. The van der Waals surface area contributed by atoms with Gasteiger partial charge in [0.1, 0.15) is 0 Å². The van der Waals surface area contributed by atoms with E-state index in [1.807, 2.05) is 6.92 Å². The molecule has 23 heavy (non-hydrogen) atoms. The van der Waals surface area contributed by atoms with Gasteiger partial charge >= 0.3 is 0 Å². The number of benzene rings is 1. The minimum atomic E-state index is 0. The molecule has 0 saturated carbocycles. The third-order valence-corrected chi connectivity index (χ3v) is 4.57. The Balaban J connectivity index is 0.00000484. The van der Waals surface area contributed by atoms with Gasteiger partial charge in [-0.15, -0.1) is 12.4 Å². The Morgan fingerprint density at radius 2 is 1.17 bits per heavy atom. The highest BCUT2D eigenvalue weighted by Gasteiger charge is 1.99. The Labute approximate surface area is 150 Å². The first-order chi connectivity index (χ1) is 10.7. The summed E-state index contributed by atoms with van der Waals surface area (Å²) in [5, 5.41) is 0. The van der Waals surface area contributed by atoms with Crippen LogP contribution in [0.1, 0.15) is 102 Å². The van der Waals surface area contributed by atoms with Crippen LogP contribution in [0.2, 0.25) is 0 Å². The highest BCUT2D eigenvalue weighted by Crippen LogP contribution is 2.15. The fourth-order valence-corrected chi connectivity index (χ4v) is 2.98. The molecule has 1 aromatic carbocycles. The minimum Gasteiger partial charge on any atom is -0.324 e. The van der Waals surface area contributed by atoms with Gasteiger partial charge in [-0.05, 0) is 30.9 Å². The van der Waals surface area contributed by atoms with E-state index in [1.165, 1.54) is 88.2 Å². The molecule has 0 heterocycles. The molecule has 1 atom stereocenters. The van der Waals surface area contributed by atoms with E-state index in [4.69, 9.17) is 5.73 Å². The first-order valence-corrected chi connectivity index (χ1v) is 9.58. The molecule has 0 fully saturated rings. The lowest BCUT2D eigenvalue weighted by Gasteiger charge is -2.07. The van der Waals surface area contributed by atoms with Crippen LogP contribution >= 0.6 is 12.4 Å². The SMILES string of the molecule is CCCCCCCCCCCCCc1ccc(C(C)N)cc1.Cl. The topological polar surface area (TPSA) is 26.0 Å². The van der Waals surface area contributed by atoms with Crippen molar-refractivity contribution < 1.29 is 0 Å². The van der Waals surface area contributed by atoms with Crippen molar-refractivity contribution in [3.8, 4) is 0 Å². The molecule has 1 rings (SSSR count). The molecule has 1 nitrogen and oxygen atoms in total. The molecule has 0 aliphatic carbocycles. The van der Waals surface area contributed by atoms with Crippen LogP contribution in [0.5, 0.6) is 0 Å². The lowest BCUT2D eigenvalue weighted by Crippen LogP contribution is -2.04. The fraction of sp³-hybridized carbons (Fsp3) is 0.714. The molecule has 1 aromatic rings. The molecule has 1 unspecified atom stereocenters. The fourth-order valence-electron chi connectivity index (χ4n) is 2.98. The second-order valence-corrected chi connectivity index (χ2v) is 6.82. The van der Waals surface area contributed by atoms with Gasteiger partial charge in [0.2, 0.25) is 0 Å². The molecule has 0 aromatic heterocycles. The van der Waals surface area contributed by atoms with Crippen molar-refractivity contribution in [3.63, 3.8) is 0 Å². The summed E-state index contributed by atoms with van der Waals surface area (Å²) in [6.45, 7) is 4.33. The van der Waals surface area contributed by atoms with E-state index >= 15 is 0 Å². The largest absolute Gasteiger partial charge is 0.324 e. The Morgan fingerprint density at radius 1 is 0.739 bits per heavy atom. The molecular weight excluding hydrogens is 302 g/mol. The summed E-state index contributed by atoms with van der Waals surface area (Å²) in [4.78, 5) is 0. The zero-order valence-electron chi connectivity index (χ0n) is 15.4. The molecule has 134 valence electrons. The Hall–Kier alpha value is -0.530. The lowest BCUT2D eigenvalue weighted by molar-refractivity contribution is 0.549. The normalized spacial score (nSPS) is 12.0. The summed E-state index contributed by atoms with van der Waals surface area (Å²) in [6.07, 6.45) is 16.8. The van der Waals surface area contributed by atoms with Crippen LogP contribution in [0.4, 0.5) is 0 Å². The van der Waals surface area contributed by atoms with Gasteiger partial charge in [0.15, 0.2) is 0 Å². The maximum Gasteiger partial charge on any atom is 0.0266 e. The minimum absolute atomic E-state index is 0. The maximum atomic E-state index is 5.88. The summed E-state index contributed by atoms with van der Waals surface area (Å²) >= 11 is 0. The quantitative estimate of drug-likeness (QED) is 0.385. The number of hydrogen-bond donors (Lipinski definition) is 1. The van der Waals surface area contributed by atoms with E-state index in [9.17, 15) is 0 Å². The number of aryl methyl sites for hydroxylation is 1. The number of rotatable bonds is 13. The van der Waals surface area contributed by atoms with E-state index in [-0.39, 0.29) is 18.4 Å². The number of hydrogen-bond acceptors (Lipinski definition) is 1. The summed E-state index contributed by atoms with van der Waals surface area (Å²) in [5.74, 6) is 0. The first-order valence-electron chi connectivity index (χ1n) is 9.58. The van der Waals surface area contributed by atoms with Crippen LogP contribution in [0.25, 0.3) is 0 Å². The van der Waals surface area contributed by atoms with E-state index in [1.54, 1.807) is 0 Å². The van der Waals surface area contributed by atoms with Crippen LogP contribution < -0.4 is 5.73 Å². The van der Waals surface area contributed by atoms with E-state index in [0.29, 0.717) is 0 Å². The van der Waals surface area contributed by atoms with Crippen molar-refractivity contribution in [1.29, 1.82) is 0 Å². The van der Waals surface area contributed by atoms with Gasteiger partial charge < -0.3 is 5.73 Å². The third-order valence-electron chi connectivity index (χ3n) is 4.57. The van der Waals surface area contributed by atoms with Gasteiger partial charge in [-0.3, -0.25) is 0 Å². The van der Waals surface area contributed by atoms with Gasteiger partial charge in [0.25, 0.3) is 0 Å². The molecular formula is C21H38ClN. The predicted octanol–water partition coefficient (Wildman–Crippen LogP) is 6.98. The average molecular weight is 340 g/mol. The molecule has 0 saturated heterocycles. The van der Waals surface area contributed by atoms with Crippen molar-refractivity contribution >= 4 is 12.4 Å². The molecule has 2 N–H and O–H groups in total. The second kappa shape index (κ2) is 15.0. The monoisotopic (exact) mass is 339 g/mol. The van der Waals surface area contributed by atoms with Crippen molar-refractivity contribution in [2.24, 2.45) is 5.73 Å². The Morgan fingerprint density at radius 3 is 1.61 bits per heavy atom. The summed E-state index contributed by atoms with van der Waals surface area (Å²) in [6, 6.07) is 9.00. The average Bonchev–Trinajstić information content (AvgIpc) is 2.53. The summed E-state index contributed by atoms with van der Waals surface area (Å²) in [7, 11) is 0. The van der Waals surface area contributed by atoms with E-state index in [0.717, 1.165) is 0 Å². The second-order valence-electron chi connectivity index (χ2n) is 6.82. The van der Waals surface area contributed by atoms with Crippen molar-refractivity contribution in [2.45, 2.75) is 96.9 Å². The molecule has 0 spiro atoms. The van der Waals surface area contributed by atoms with Gasteiger partial charge in [-0.1, -0.05) is 95.4 Å². The van der Waals surface area contributed by atoms with Crippen molar-refractivity contribution in [2.75, 3.05) is 0 Å². The Bertz CT molecular complexity index is 359. The predicted molar refractivity (Wildman–Crippen MR) is 106 cm³/mol. The summed E-state index contributed by atoms with van der Waals surface area (Å²) < 4.78 is 0. The molecule has 0 amide bonds. The van der Waals surface area contributed by atoms with Crippen LogP contribution in [0.3, 0.4) is 0 Å². The number of nitrogens with two attached hydrogens (primary N) is 1. The van der Waals surface area contributed by atoms with Gasteiger partial charge in [0, 0.05) is 6.04 Å². The molecule has 0 aliphatic heterocycles. The zero-order valence-corrected chi connectivity index (χ0v) is 16.2. The van der Waals surface area contributed by atoms with Gasteiger partial charge in [0.05, 0.1) is 0 Å². The third kappa shape index (κ3) is 11.6. The van der Waals surface area contributed by atoms with Crippen LogP contribution in [-0.2, 0) is 6.42 Å². The highest BCUT2D eigenvalue weighted by molar-refractivity contribution is 5.85. The Kier molecular flexibility index (Phi) is 14.7. The van der Waals surface area contributed by atoms with Crippen molar-refractivity contribution in [1.82, 2.24) is 0 Å². The van der Waals surface area contributed by atoms with E-state index in [2.05, 4.69) is 31.2 Å². The summed E-state index contributed by atoms with van der Waals surface area (Å²) in [5.41, 5.74) is 8.57. The highest BCUT2D eigenvalue weighted by atomic mass is 35.5. The molecule has 0 radical (unpaired) electrons. The van der Waals surface area contributed by atoms with Crippen LogP contribution in [0, 0.1) is 0 Å². The van der Waals surface area contributed by atoms with Gasteiger partial charge in [-0.2, -0.15) is 0 Å². The number of unbranched alkanes of at least 4 members (excludes halogenated alkanes) is 10. The van der Waals surface area contributed by atoms with Crippen LogP contribution in [-0.4, -0.2) is 0 Å². The van der Waals surface area contributed by atoms with Gasteiger partial charge in [-0.25, -0.2) is 0 Å². The van der Waals surface area contributed by atoms with Crippen molar-refractivity contribution in [3.05, 3.63) is 35.4 Å². The zero-order chi connectivity index (χ0) is 16.0. The first kappa shape index (κ1) is 22.5. The standard InChI is InChI=1S/C21H37N.ClH/c1-3-4-5-6-7-8-9-10-11-12-13-14-20-15-17-21(18-16-20)19(2)22;/h15-19H,3-14,22H2,1-2H3;1H. The molecule has 0 aliphatic rings. The lowest BCUT2D eigenvalue weighted by atomic mass is 10.0. The molecule has 2 heteroatoms.